The summed E-state index contributed by atoms with van der Waals surface area (Å²) >= 11 is 6.22. The highest BCUT2D eigenvalue weighted by Crippen LogP contribution is 2.33. The maximum atomic E-state index is 13.1. The highest BCUT2D eigenvalue weighted by molar-refractivity contribution is 6.53. The molecule has 1 aliphatic heterocycles. The second-order valence-electron chi connectivity index (χ2n) is 6.42. The van der Waals surface area contributed by atoms with Crippen LogP contribution >= 0.6 is 11.6 Å². The normalized spacial score (nSPS) is 13.8. The Morgan fingerprint density at radius 2 is 1.72 bits per heavy atom. The number of amides is 2. The van der Waals surface area contributed by atoms with Crippen molar-refractivity contribution in [2.45, 2.75) is 26.7 Å². The minimum absolute atomic E-state index is 0.0192. The van der Waals surface area contributed by atoms with Gasteiger partial charge in [0.1, 0.15) is 10.7 Å². The van der Waals surface area contributed by atoms with E-state index in [-0.39, 0.29) is 28.6 Å². The van der Waals surface area contributed by atoms with Crippen LogP contribution in [0.1, 0.15) is 36.2 Å². The average Bonchev–Trinajstić information content (AvgIpc) is 2.95. The first kappa shape index (κ1) is 20.6. The Hall–Kier alpha value is -3.12. The fraction of sp³-hybridized carbons (Fsp3) is 0.227. The minimum Gasteiger partial charge on any atom is -0.462 e. The van der Waals surface area contributed by atoms with Crippen LogP contribution in [0.4, 0.5) is 11.4 Å². The average molecular weight is 413 g/mol. The maximum Gasteiger partial charge on any atom is 0.340 e. The molecule has 150 valence electrons. The van der Waals surface area contributed by atoms with Crippen molar-refractivity contribution in [3.8, 4) is 0 Å². The lowest BCUT2D eigenvalue weighted by Gasteiger charge is -2.18. The number of benzene rings is 2. The van der Waals surface area contributed by atoms with E-state index in [1.54, 1.807) is 12.1 Å². The number of anilines is 2. The Balaban J connectivity index is 1.94. The van der Waals surface area contributed by atoms with Gasteiger partial charge in [-0.15, -0.1) is 0 Å². The number of nitrogens with one attached hydrogen (secondary N) is 1. The van der Waals surface area contributed by atoms with Crippen molar-refractivity contribution in [3.05, 3.63) is 70.4 Å². The molecule has 2 amide bonds. The number of para-hydroxylation sites is 2. The van der Waals surface area contributed by atoms with Gasteiger partial charge in [-0.2, -0.15) is 0 Å². The van der Waals surface area contributed by atoms with Crippen LogP contribution in [0.25, 0.3) is 0 Å². The molecule has 0 aliphatic carbocycles. The summed E-state index contributed by atoms with van der Waals surface area (Å²) < 4.78 is 5.18. The van der Waals surface area contributed by atoms with E-state index >= 15 is 0 Å². The molecule has 0 radical (unpaired) electrons. The van der Waals surface area contributed by atoms with Gasteiger partial charge in [0.15, 0.2) is 0 Å². The molecule has 29 heavy (non-hydrogen) atoms. The zero-order valence-corrected chi connectivity index (χ0v) is 17.0. The van der Waals surface area contributed by atoms with E-state index in [2.05, 4.69) is 5.32 Å². The molecule has 1 N–H and O–H groups in total. The molecule has 0 atom stereocenters. The minimum atomic E-state index is -0.691. The number of halogens is 1. The molecule has 1 heterocycles. The van der Waals surface area contributed by atoms with Crippen molar-refractivity contribution in [1.82, 2.24) is 0 Å². The van der Waals surface area contributed by atoms with Crippen molar-refractivity contribution in [2.24, 2.45) is 0 Å². The van der Waals surface area contributed by atoms with Gasteiger partial charge in [0.05, 0.1) is 17.9 Å². The van der Waals surface area contributed by atoms with Crippen molar-refractivity contribution < 1.29 is 19.1 Å². The SMILES string of the molecule is CCCOC(=O)c1ccccc1N1C(=O)C(Cl)=C(Nc2ccccc2CC)C1=O. The lowest BCUT2D eigenvalue weighted by molar-refractivity contribution is -0.120. The first-order valence-corrected chi connectivity index (χ1v) is 9.77. The predicted octanol–water partition coefficient (Wildman–Crippen LogP) is 4.25. The zero-order chi connectivity index (χ0) is 21.0. The first-order chi connectivity index (χ1) is 14.0. The van der Waals surface area contributed by atoms with Gasteiger partial charge in [0, 0.05) is 5.69 Å². The van der Waals surface area contributed by atoms with Gasteiger partial charge in [-0.3, -0.25) is 9.59 Å². The number of imide groups is 1. The number of carbonyl (C=O) groups excluding carboxylic acids is 3. The predicted molar refractivity (Wildman–Crippen MR) is 112 cm³/mol. The van der Waals surface area contributed by atoms with Crippen molar-refractivity contribution in [3.63, 3.8) is 0 Å². The van der Waals surface area contributed by atoms with Crippen LogP contribution in [0, 0.1) is 0 Å². The molecule has 2 aromatic rings. The molecular weight excluding hydrogens is 392 g/mol. The van der Waals surface area contributed by atoms with E-state index in [1.165, 1.54) is 12.1 Å². The molecule has 1 aliphatic rings. The standard InChI is InChI=1S/C22H21ClN2O4/c1-3-13-29-22(28)15-10-6-8-12-17(15)25-20(26)18(23)19(21(25)27)24-16-11-7-5-9-14(16)4-2/h5-12,24H,3-4,13H2,1-2H3. The zero-order valence-electron chi connectivity index (χ0n) is 16.2. The monoisotopic (exact) mass is 412 g/mol. The Bertz CT molecular complexity index is 1000. The van der Waals surface area contributed by atoms with Crippen LogP contribution in [0.3, 0.4) is 0 Å². The second kappa shape index (κ2) is 8.92. The Labute approximate surface area is 174 Å². The lowest BCUT2D eigenvalue weighted by atomic mass is 10.1. The summed E-state index contributed by atoms with van der Waals surface area (Å²) in [5.74, 6) is -1.91. The summed E-state index contributed by atoms with van der Waals surface area (Å²) in [7, 11) is 0. The van der Waals surface area contributed by atoms with Gasteiger partial charge in [0.25, 0.3) is 11.8 Å². The number of nitrogens with zero attached hydrogens (tertiary/aromatic N) is 1. The van der Waals surface area contributed by atoms with Crippen molar-refractivity contribution in [2.75, 3.05) is 16.8 Å². The number of hydrogen-bond donors (Lipinski definition) is 1. The Morgan fingerprint density at radius 3 is 2.45 bits per heavy atom. The second-order valence-corrected chi connectivity index (χ2v) is 6.80. The summed E-state index contributed by atoms with van der Waals surface area (Å²) in [6.45, 7) is 4.11. The summed E-state index contributed by atoms with van der Waals surface area (Å²) in [6.07, 6.45) is 1.40. The highest BCUT2D eigenvalue weighted by Gasteiger charge is 2.40. The number of esters is 1. The van der Waals surface area contributed by atoms with Crippen molar-refractivity contribution in [1.29, 1.82) is 0 Å². The van der Waals surface area contributed by atoms with E-state index in [0.717, 1.165) is 16.9 Å². The number of ether oxygens (including phenoxy) is 1. The summed E-state index contributed by atoms with van der Waals surface area (Å²) in [6, 6.07) is 13.8. The fourth-order valence-electron chi connectivity index (χ4n) is 3.03. The smallest absolute Gasteiger partial charge is 0.340 e. The van der Waals surface area contributed by atoms with E-state index < -0.39 is 17.8 Å². The van der Waals surface area contributed by atoms with Gasteiger partial charge in [-0.1, -0.05) is 55.8 Å². The molecule has 7 heteroatoms. The third-order valence-electron chi connectivity index (χ3n) is 4.49. The maximum absolute atomic E-state index is 13.1. The van der Waals surface area contributed by atoms with Crippen LogP contribution in [0.15, 0.2) is 59.3 Å². The Morgan fingerprint density at radius 1 is 1.03 bits per heavy atom. The molecule has 0 saturated heterocycles. The fourth-order valence-corrected chi connectivity index (χ4v) is 3.24. The van der Waals surface area contributed by atoms with Crippen LogP contribution < -0.4 is 10.2 Å². The molecule has 0 bridgehead atoms. The van der Waals surface area contributed by atoms with Crippen LogP contribution in [-0.4, -0.2) is 24.4 Å². The quantitative estimate of drug-likeness (QED) is 0.543. The molecule has 0 spiro atoms. The van der Waals surface area contributed by atoms with Gasteiger partial charge < -0.3 is 10.1 Å². The molecule has 0 aromatic heterocycles. The number of aryl methyl sites for hydroxylation is 1. The van der Waals surface area contributed by atoms with Gasteiger partial charge in [-0.25, -0.2) is 9.69 Å². The third-order valence-corrected chi connectivity index (χ3v) is 4.84. The molecular formula is C22H21ClN2O4. The summed E-state index contributed by atoms with van der Waals surface area (Å²) in [5, 5.41) is 2.77. The number of hydrogen-bond acceptors (Lipinski definition) is 5. The highest BCUT2D eigenvalue weighted by atomic mass is 35.5. The first-order valence-electron chi connectivity index (χ1n) is 9.39. The van der Waals surface area contributed by atoms with E-state index in [9.17, 15) is 14.4 Å². The van der Waals surface area contributed by atoms with Gasteiger partial charge >= 0.3 is 5.97 Å². The van der Waals surface area contributed by atoms with E-state index in [1.807, 2.05) is 38.1 Å². The molecule has 0 fully saturated rings. The molecule has 0 unspecified atom stereocenters. The van der Waals surface area contributed by atoms with E-state index in [4.69, 9.17) is 16.3 Å². The largest absolute Gasteiger partial charge is 0.462 e. The molecule has 6 nitrogen and oxygen atoms in total. The lowest BCUT2D eigenvalue weighted by Crippen LogP contribution is -2.33. The van der Waals surface area contributed by atoms with Crippen molar-refractivity contribution >= 4 is 40.8 Å². The number of carbonyl (C=O) groups is 3. The van der Waals surface area contributed by atoms with Crippen LogP contribution in [0.2, 0.25) is 0 Å². The Kier molecular flexibility index (Phi) is 6.34. The summed E-state index contributed by atoms with van der Waals surface area (Å²) in [4.78, 5) is 39.2. The third kappa shape index (κ3) is 4.03. The summed E-state index contributed by atoms with van der Waals surface area (Å²) in [5.41, 5.74) is 1.92. The van der Waals surface area contributed by atoms with Gasteiger partial charge in [-0.05, 0) is 36.6 Å². The number of rotatable bonds is 7. The topological polar surface area (TPSA) is 75.7 Å². The van der Waals surface area contributed by atoms with Crippen LogP contribution in [-0.2, 0) is 20.7 Å². The molecule has 0 saturated carbocycles. The van der Waals surface area contributed by atoms with Crippen LogP contribution in [0.5, 0.6) is 0 Å². The van der Waals surface area contributed by atoms with E-state index in [0.29, 0.717) is 12.1 Å². The molecule has 2 aromatic carbocycles. The molecule has 3 rings (SSSR count). The van der Waals surface area contributed by atoms with Gasteiger partial charge in [0.2, 0.25) is 0 Å².